The maximum absolute atomic E-state index is 12.8. The van der Waals surface area contributed by atoms with Gasteiger partial charge in [0.05, 0.1) is 26.4 Å². The normalized spacial score (nSPS) is 12.7. The molecule has 198 valence electrons. The van der Waals surface area contributed by atoms with E-state index in [2.05, 4.69) is 5.32 Å². The van der Waals surface area contributed by atoms with Crippen LogP contribution in [-0.4, -0.2) is 58.4 Å². The van der Waals surface area contributed by atoms with Gasteiger partial charge in [0.2, 0.25) is 0 Å². The molecule has 0 atom stereocenters. The molecule has 0 fully saturated rings. The third-order valence-electron chi connectivity index (χ3n) is 6.06. The molecule has 0 aliphatic heterocycles. The van der Waals surface area contributed by atoms with Gasteiger partial charge in [-0.3, -0.25) is 4.79 Å². The van der Waals surface area contributed by atoms with Gasteiger partial charge in [0, 0.05) is 61.9 Å². The highest BCUT2D eigenvalue weighted by Crippen LogP contribution is 2.18. The Kier molecular flexibility index (Phi) is 14.6. The van der Waals surface area contributed by atoms with Crippen LogP contribution in [0.1, 0.15) is 34.8 Å². The molecule has 0 bridgehead atoms. The van der Waals surface area contributed by atoms with Crippen LogP contribution in [0.4, 0.5) is 0 Å². The zero-order chi connectivity index (χ0) is 26.2. The number of benzene rings is 1. The Morgan fingerprint density at radius 1 is 0.800 bits per heavy atom. The van der Waals surface area contributed by atoms with Crippen molar-refractivity contribution < 1.29 is 14.3 Å². The Labute approximate surface area is 209 Å². The fourth-order valence-electron chi connectivity index (χ4n) is 3.16. The molecule has 0 aliphatic rings. The van der Waals surface area contributed by atoms with Gasteiger partial charge in [0.1, 0.15) is 0 Å². The highest BCUT2D eigenvalue weighted by Gasteiger charge is 2.26. The summed E-state index contributed by atoms with van der Waals surface area (Å²) in [5.41, 5.74) is 36.3. The van der Waals surface area contributed by atoms with E-state index in [9.17, 15) is 4.79 Å². The number of hydrogen-bond donors (Lipinski definition) is 7. The minimum Gasteiger partial charge on any atom is -0.376 e. The van der Waals surface area contributed by atoms with E-state index in [1.807, 2.05) is 25.1 Å². The maximum atomic E-state index is 12.8. The highest BCUT2D eigenvalue weighted by atomic mass is 16.5. The van der Waals surface area contributed by atoms with E-state index in [1.165, 1.54) is 0 Å². The second-order valence-electron chi connectivity index (χ2n) is 8.92. The molecule has 1 amide bonds. The average Bonchev–Trinajstić information content (AvgIpc) is 2.89. The summed E-state index contributed by atoms with van der Waals surface area (Å²) in [6.45, 7) is 5.16. The van der Waals surface area contributed by atoms with Crippen LogP contribution in [-0.2, 0) is 22.7 Å². The number of rotatable bonds is 18. The van der Waals surface area contributed by atoms with Gasteiger partial charge in [-0.15, -0.1) is 0 Å². The van der Waals surface area contributed by atoms with E-state index >= 15 is 0 Å². The predicted octanol–water partition coefficient (Wildman–Crippen LogP) is -0.345. The second kappa shape index (κ2) is 16.5. The van der Waals surface area contributed by atoms with Crippen molar-refractivity contribution in [2.24, 2.45) is 45.2 Å². The molecule has 0 radical (unpaired) electrons. The molecule has 0 saturated heterocycles. The van der Waals surface area contributed by atoms with Crippen LogP contribution < -0.4 is 39.7 Å². The summed E-state index contributed by atoms with van der Waals surface area (Å²) >= 11 is 0. The van der Waals surface area contributed by atoms with E-state index in [0.29, 0.717) is 58.0 Å². The summed E-state index contributed by atoms with van der Waals surface area (Å²) in [7, 11) is 0. The van der Waals surface area contributed by atoms with Gasteiger partial charge in [-0.05, 0) is 35.8 Å². The highest BCUT2D eigenvalue weighted by molar-refractivity contribution is 5.95. The third kappa shape index (κ3) is 10.2. The number of ether oxygens (including phenoxy) is 2. The van der Waals surface area contributed by atoms with Crippen molar-refractivity contribution >= 4 is 5.91 Å². The lowest BCUT2D eigenvalue weighted by Gasteiger charge is -2.29. The molecule has 0 unspecified atom stereocenters. The fourth-order valence-corrected chi connectivity index (χ4v) is 3.16. The number of carbonyl (C=O) groups excluding carboxylic acids is 1. The van der Waals surface area contributed by atoms with Crippen LogP contribution in [0, 0.1) is 10.8 Å². The molecular weight excluding hydrogens is 446 g/mol. The molecule has 10 heteroatoms. The van der Waals surface area contributed by atoms with E-state index < -0.39 is 10.8 Å². The Morgan fingerprint density at radius 3 is 1.66 bits per heavy atom. The van der Waals surface area contributed by atoms with Crippen LogP contribution in [0.3, 0.4) is 0 Å². The molecule has 0 spiro atoms. The molecule has 10 nitrogen and oxygen atoms in total. The summed E-state index contributed by atoms with van der Waals surface area (Å²) in [6, 6.07) is 5.50. The van der Waals surface area contributed by atoms with Crippen molar-refractivity contribution in [2.75, 3.05) is 52.5 Å². The van der Waals surface area contributed by atoms with Crippen LogP contribution >= 0.6 is 0 Å². The Hall–Kier alpha value is -2.15. The van der Waals surface area contributed by atoms with Crippen molar-refractivity contribution in [1.82, 2.24) is 5.32 Å². The van der Waals surface area contributed by atoms with E-state index in [4.69, 9.17) is 43.9 Å². The summed E-state index contributed by atoms with van der Waals surface area (Å²) in [6.07, 6.45) is 8.16. The zero-order valence-corrected chi connectivity index (χ0v) is 21.0. The van der Waals surface area contributed by atoms with Crippen molar-refractivity contribution in [3.05, 3.63) is 59.3 Å². The molecule has 1 rings (SSSR count). The number of amides is 1. The van der Waals surface area contributed by atoms with Gasteiger partial charge in [0.25, 0.3) is 5.91 Å². The quantitative estimate of drug-likeness (QED) is 0.134. The first-order chi connectivity index (χ1) is 16.9. The number of allylic oxidation sites excluding steroid dienone is 3. The Balaban J connectivity index is 3.01. The van der Waals surface area contributed by atoms with E-state index in [1.54, 1.807) is 24.4 Å². The van der Waals surface area contributed by atoms with Crippen molar-refractivity contribution in [2.45, 2.75) is 26.6 Å². The lowest BCUT2D eigenvalue weighted by Crippen LogP contribution is -2.47. The number of hydrogen-bond acceptors (Lipinski definition) is 9. The minimum absolute atomic E-state index is 0.241. The SMILES string of the molecule is CC/C=C/C=CNC(=O)c1cc(COCC(CN)(CN)CN)cc(COCC(CN)(CN)CN)c1. The maximum Gasteiger partial charge on any atom is 0.255 e. The van der Waals surface area contributed by atoms with Crippen molar-refractivity contribution in [3.63, 3.8) is 0 Å². The lowest BCUT2D eigenvalue weighted by atomic mass is 9.89. The van der Waals surface area contributed by atoms with Crippen molar-refractivity contribution in [1.29, 1.82) is 0 Å². The first kappa shape index (κ1) is 30.9. The second-order valence-corrected chi connectivity index (χ2v) is 8.92. The van der Waals surface area contributed by atoms with Crippen LogP contribution in [0.15, 0.2) is 42.6 Å². The molecule has 35 heavy (non-hydrogen) atoms. The lowest BCUT2D eigenvalue weighted by molar-refractivity contribution is 0.0431. The predicted molar refractivity (Wildman–Crippen MR) is 141 cm³/mol. The van der Waals surface area contributed by atoms with Gasteiger partial charge in [0.15, 0.2) is 0 Å². The van der Waals surface area contributed by atoms with E-state index in [-0.39, 0.29) is 19.1 Å². The number of carbonyl (C=O) groups is 1. The summed E-state index contributed by atoms with van der Waals surface area (Å²) in [4.78, 5) is 12.8. The van der Waals surface area contributed by atoms with Crippen molar-refractivity contribution in [3.8, 4) is 0 Å². The summed E-state index contributed by atoms with van der Waals surface area (Å²) in [5.74, 6) is -0.241. The molecule has 1 aromatic rings. The largest absolute Gasteiger partial charge is 0.376 e. The van der Waals surface area contributed by atoms with Crippen LogP contribution in [0.25, 0.3) is 0 Å². The first-order valence-corrected chi connectivity index (χ1v) is 12.0. The Morgan fingerprint density at radius 2 is 1.26 bits per heavy atom. The molecule has 1 aromatic carbocycles. The number of nitrogens with one attached hydrogen (secondary N) is 1. The standard InChI is InChI=1S/C25H45N7O3/c1-2-3-4-5-6-32-23(33)22-8-20(10-34-18-24(12-26,13-27)14-28)7-21(9-22)11-35-19-25(15-29,16-30)17-31/h3-9H,2,10-19,26-31H2,1H3,(H,32,33)/b4-3+,6-5?. The molecular formula is C25H45N7O3. The van der Waals surface area contributed by atoms with Crippen LogP contribution in [0.5, 0.6) is 0 Å². The molecule has 0 saturated carbocycles. The minimum atomic E-state index is -0.478. The molecule has 13 N–H and O–H groups in total. The fraction of sp³-hybridized carbons (Fsp3) is 0.560. The number of nitrogens with two attached hydrogens (primary N) is 6. The first-order valence-electron chi connectivity index (χ1n) is 12.0. The summed E-state index contributed by atoms with van der Waals surface area (Å²) < 4.78 is 11.8. The molecule has 0 aromatic heterocycles. The van der Waals surface area contributed by atoms with Gasteiger partial charge in [-0.2, -0.15) is 0 Å². The van der Waals surface area contributed by atoms with Crippen LogP contribution in [0.2, 0.25) is 0 Å². The average molecular weight is 492 g/mol. The zero-order valence-electron chi connectivity index (χ0n) is 21.0. The molecule has 0 heterocycles. The van der Waals surface area contributed by atoms with Gasteiger partial charge < -0.3 is 49.2 Å². The van der Waals surface area contributed by atoms with E-state index in [0.717, 1.165) is 17.5 Å². The Bertz CT molecular complexity index is 745. The van der Waals surface area contributed by atoms with Gasteiger partial charge >= 0.3 is 0 Å². The monoisotopic (exact) mass is 491 g/mol. The van der Waals surface area contributed by atoms with Gasteiger partial charge in [-0.25, -0.2) is 0 Å². The van der Waals surface area contributed by atoms with Gasteiger partial charge in [-0.1, -0.05) is 25.1 Å². The summed E-state index contributed by atoms with van der Waals surface area (Å²) in [5, 5.41) is 2.78. The third-order valence-corrected chi connectivity index (χ3v) is 6.06. The topological polar surface area (TPSA) is 204 Å². The smallest absolute Gasteiger partial charge is 0.255 e. The molecule has 0 aliphatic carbocycles.